The largest absolute Gasteiger partial charge is 0.481 e. The molecule has 2 unspecified atom stereocenters. The van der Waals surface area contributed by atoms with Crippen LogP contribution in [0.5, 0.6) is 0 Å². The number of nitrogens with one attached hydrogen (secondary N) is 1. The lowest BCUT2D eigenvalue weighted by molar-refractivity contribution is -0.139. The number of carbonyl (C=O) groups is 3. The fourth-order valence-electron chi connectivity index (χ4n) is 1.85. The summed E-state index contributed by atoms with van der Waals surface area (Å²) in [6.45, 7) is 0. The van der Waals surface area contributed by atoms with Gasteiger partial charge in [-0.15, -0.1) is 0 Å². The molecule has 1 saturated carbocycles. The number of carboxylic acids is 1. The smallest absolute Gasteiger partial charge is 0.337 e. The minimum Gasteiger partial charge on any atom is -0.481 e. The van der Waals surface area contributed by atoms with Gasteiger partial charge in [0.2, 0.25) is 5.91 Å². The van der Waals surface area contributed by atoms with E-state index in [2.05, 4.69) is 10.1 Å². The average molecular weight is 281 g/mol. The number of amides is 1. The van der Waals surface area contributed by atoms with Gasteiger partial charge in [0, 0.05) is 0 Å². The number of ether oxygens (including phenoxy) is 1. The zero-order valence-corrected chi connectivity index (χ0v) is 10.6. The highest BCUT2D eigenvalue weighted by molar-refractivity contribution is 5.99. The average Bonchev–Trinajstić information content (AvgIpc) is 3.20. The van der Waals surface area contributed by atoms with Crippen LogP contribution >= 0.6 is 0 Å². The lowest BCUT2D eigenvalue weighted by Crippen LogP contribution is -2.18. The number of rotatable bonds is 4. The Morgan fingerprint density at radius 2 is 2.05 bits per heavy atom. The van der Waals surface area contributed by atoms with Crippen molar-refractivity contribution >= 4 is 23.5 Å². The molecule has 2 atom stereocenters. The van der Waals surface area contributed by atoms with Crippen molar-refractivity contribution in [1.82, 2.24) is 0 Å². The fourth-order valence-corrected chi connectivity index (χ4v) is 1.85. The molecule has 0 saturated heterocycles. The van der Waals surface area contributed by atoms with Gasteiger partial charge < -0.3 is 15.2 Å². The molecule has 2 N–H and O–H groups in total. The summed E-state index contributed by atoms with van der Waals surface area (Å²) in [5, 5.41) is 11.0. The van der Waals surface area contributed by atoms with E-state index >= 15 is 0 Å². The minimum atomic E-state index is -1.05. The highest BCUT2D eigenvalue weighted by atomic mass is 19.1. The molecule has 106 valence electrons. The Hall–Kier alpha value is -2.44. The van der Waals surface area contributed by atoms with Crippen LogP contribution < -0.4 is 5.32 Å². The molecule has 0 bridgehead atoms. The lowest BCUT2D eigenvalue weighted by atomic mass is 10.2. The van der Waals surface area contributed by atoms with Crippen molar-refractivity contribution in [3.05, 3.63) is 29.6 Å². The van der Waals surface area contributed by atoms with Crippen molar-refractivity contribution in [2.75, 3.05) is 12.4 Å². The van der Waals surface area contributed by atoms with Gasteiger partial charge in [-0.3, -0.25) is 9.59 Å². The van der Waals surface area contributed by atoms with Gasteiger partial charge in [0.25, 0.3) is 0 Å². The van der Waals surface area contributed by atoms with Crippen LogP contribution in [-0.4, -0.2) is 30.1 Å². The van der Waals surface area contributed by atoms with Crippen LogP contribution in [0.3, 0.4) is 0 Å². The molecular formula is C13H12FNO5. The third-order valence-corrected chi connectivity index (χ3v) is 3.09. The molecule has 7 heteroatoms. The van der Waals surface area contributed by atoms with Crippen LogP contribution in [0.2, 0.25) is 0 Å². The second kappa shape index (κ2) is 5.28. The van der Waals surface area contributed by atoms with E-state index < -0.39 is 35.5 Å². The number of benzene rings is 1. The van der Waals surface area contributed by atoms with Crippen molar-refractivity contribution in [3.8, 4) is 0 Å². The molecule has 1 aromatic carbocycles. The number of halogens is 1. The first-order valence-electron chi connectivity index (χ1n) is 5.85. The topological polar surface area (TPSA) is 92.7 Å². The predicted octanol–water partition coefficient (Wildman–Crippen LogP) is 1.27. The summed E-state index contributed by atoms with van der Waals surface area (Å²) >= 11 is 0. The first kappa shape index (κ1) is 14.0. The predicted molar refractivity (Wildman–Crippen MR) is 65.6 cm³/mol. The summed E-state index contributed by atoms with van der Waals surface area (Å²) < 4.78 is 18.0. The van der Waals surface area contributed by atoms with E-state index in [1.165, 1.54) is 13.2 Å². The highest BCUT2D eigenvalue weighted by Crippen LogP contribution is 2.39. The van der Waals surface area contributed by atoms with Crippen molar-refractivity contribution in [2.24, 2.45) is 11.8 Å². The molecule has 6 nitrogen and oxygen atoms in total. The number of carboxylic acid groups (broad SMARTS) is 1. The maximum Gasteiger partial charge on any atom is 0.337 e. The third kappa shape index (κ3) is 2.76. The fraction of sp³-hybridized carbons (Fsp3) is 0.308. The van der Waals surface area contributed by atoms with E-state index in [-0.39, 0.29) is 17.7 Å². The third-order valence-electron chi connectivity index (χ3n) is 3.09. The molecule has 1 aliphatic carbocycles. The molecule has 0 aliphatic heterocycles. The molecule has 2 rings (SSSR count). The first-order valence-corrected chi connectivity index (χ1v) is 5.85. The van der Waals surface area contributed by atoms with Crippen molar-refractivity contribution < 1.29 is 28.6 Å². The summed E-state index contributed by atoms with van der Waals surface area (Å²) in [5.41, 5.74) is -0.0799. The van der Waals surface area contributed by atoms with E-state index in [1.807, 2.05) is 0 Å². The van der Waals surface area contributed by atoms with Crippen LogP contribution in [-0.2, 0) is 14.3 Å². The number of anilines is 1. The Kier molecular flexibility index (Phi) is 3.69. The number of esters is 1. The van der Waals surface area contributed by atoms with Crippen molar-refractivity contribution in [3.63, 3.8) is 0 Å². The van der Waals surface area contributed by atoms with Crippen LogP contribution in [0.15, 0.2) is 18.2 Å². The van der Waals surface area contributed by atoms with Gasteiger partial charge >= 0.3 is 11.9 Å². The maximum absolute atomic E-state index is 13.6. The van der Waals surface area contributed by atoms with Crippen LogP contribution in [0.25, 0.3) is 0 Å². The molecule has 0 spiro atoms. The summed E-state index contributed by atoms with van der Waals surface area (Å²) in [6, 6.07) is 3.41. The van der Waals surface area contributed by atoms with Gasteiger partial charge in [-0.25, -0.2) is 9.18 Å². The van der Waals surface area contributed by atoms with E-state index in [1.54, 1.807) is 0 Å². The standard InChI is InChI=1S/C13H12FNO5/c1-20-13(19)6-2-3-9(14)10(4-6)15-11(16)7-5-8(7)12(17)18/h2-4,7-8H,5H2,1H3,(H,15,16)(H,17,18). The van der Waals surface area contributed by atoms with Gasteiger partial charge in [0.05, 0.1) is 30.2 Å². The zero-order valence-electron chi connectivity index (χ0n) is 10.6. The van der Waals surface area contributed by atoms with E-state index in [4.69, 9.17) is 5.11 Å². The van der Waals surface area contributed by atoms with E-state index in [0.29, 0.717) is 0 Å². The minimum absolute atomic E-state index is 0.0924. The van der Waals surface area contributed by atoms with Gasteiger partial charge in [-0.05, 0) is 24.6 Å². The summed E-state index contributed by atoms with van der Waals surface area (Å²) in [4.78, 5) is 33.7. The Balaban J connectivity index is 2.11. The summed E-state index contributed by atoms with van der Waals surface area (Å²) in [5.74, 6) is -4.36. The Morgan fingerprint density at radius 1 is 1.35 bits per heavy atom. The van der Waals surface area contributed by atoms with Crippen LogP contribution in [0, 0.1) is 17.7 Å². The zero-order chi connectivity index (χ0) is 14.9. The Morgan fingerprint density at radius 3 is 2.60 bits per heavy atom. The summed E-state index contributed by atoms with van der Waals surface area (Å²) in [7, 11) is 1.19. The Labute approximate surface area is 113 Å². The van der Waals surface area contributed by atoms with Gasteiger partial charge in [0.1, 0.15) is 5.82 Å². The molecule has 0 aromatic heterocycles. The highest BCUT2D eigenvalue weighted by Gasteiger charge is 2.48. The van der Waals surface area contributed by atoms with E-state index in [0.717, 1.165) is 12.1 Å². The lowest BCUT2D eigenvalue weighted by Gasteiger charge is -2.07. The number of carbonyl (C=O) groups excluding carboxylic acids is 2. The van der Waals surface area contributed by atoms with Crippen molar-refractivity contribution in [2.45, 2.75) is 6.42 Å². The molecule has 20 heavy (non-hydrogen) atoms. The number of hydrogen-bond acceptors (Lipinski definition) is 4. The number of aliphatic carboxylic acids is 1. The first-order chi connectivity index (χ1) is 9.43. The number of methoxy groups -OCH3 is 1. The molecule has 0 radical (unpaired) electrons. The van der Waals surface area contributed by atoms with Gasteiger partial charge in [-0.1, -0.05) is 0 Å². The van der Waals surface area contributed by atoms with E-state index in [9.17, 15) is 18.8 Å². The Bertz CT molecular complexity index is 586. The quantitative estimate of drug-likeness (QED) is 0.811. The maximum atomic E-state index is 13.6. The van der Waals surface area contributed by atoms with Gasteiger partial charge in [0.15, 0.2) is 0 Å². The SMILES string of the molecule is COC(=O)c1ccc(F)c(NC(=O)C2CC2C(=O)O)c1. The molecule has 1 aromatic rings. The number of hydrogen-bond donors (Lipinski definition) is 2. The van der Waals surface area contributed by atoms with Crippen LogP contribution in [0.1, 0.15) is 16.8 Å². The van der Waals surface area contributed by atoms with Crippen molar-refractivity contribution in [1.29, 1.82) is 0 Å². The second-order valence-corrected chi connectivity index (χ2v) is 4.46. The second-order valence-electron chi connectivity index (χ2n) is 4.46. The van der Waals surface area contributed by atoms with Gasteiger partial charge in [-0.2, -0.15) is 0 Å². The molecular weight excluding hydrogens is 269 g/mol. The summed E-state index contributed by atoms with van der Waals surface area (Å²) in [6.07, 6.45) is 0.236. The molecule has 1 fully saturated rings. The monoisotopic (exact) mass is 281 g/mol. The molecule has 1 amide bonds. The molecule has 0 heterocycles. The molecule has 1 aliphatic rings. The van der Waals surface area contributed by atoms with Crippen LogP contribution in [0.4, 0.5) is 10.1 Å². The normalized spacial score (nSPS) is 20.1.